The van der Waals surface area contributed by atoms with E-state index < -0.39 is 34.4 Å². The van der Waals surface area contributed by atoms with Gasteiger partial charge in [-0.25, -0.2) is 0 Å². The Hall–Kier alpha value is -2.84. The van der Waals surface area contributed by atoms with E-state index in [4.69, 9.17) is 0 Å². The molecule has 1 N–H and O–H groups in total. The molecule has 1 aromatic heterocycles. The van der Waals surface area contributed by atoms with Crippen LogP contribution in [0.4, 0.5) is 13.2 Å². The van der Waals surface area contributed by atoms with Crippen LogP contribution >= 0.6 is 0 Å². The standard InChI is InChI=1S/C23H26F3N3O3/c1-14(2)28-11-12-29-17(27-20(31)19(30)18(29)21(28)32)13-22(9-3-4-10-22)15-5-7-16(8-6-15)23(24,25)26/h5-8,14,30H,3-4,9-13H2,1-2H3. The van der Waals surface area contributed by atoms with Crippen LogP contribution in [0, 0.1) is 0 Å². The lowest BCUT2D eigenvalue weighted by atomic mass is 9.75. The van der Waals surface area contributed by atoms with Gasteiger partial charge < -0.3 is 14.6 Å². The number of aromatic nitrogens is 2. The van der Waals surface area contributed by atoms with Crippen LogP contribution in [0.2, 0.25) is 0 Å². The summed E-state index contributed by atoms with van der Waals surface area (Å²) in [7, 11) is 0. The predicted molar refractivity (Wildman–Crippen MR) is 112 cm³/mol. The molecule has 6 nitrogen and oxygen atoms in total. The van der Waals surface area contributed by atoms with E-state index in [2.05, 4.69) is 4.98 Å². The lowest BCUT2D eigenvalue weighted by Gasteiger charge is -2.36. The Balaban J connectivity index is 1.76. The van der Waals surface area contributed by atoms with Gasteiger partial charge in [0.2, 0.25) is 5.75 Å². The van der Waals surface area contributed by atoms with Gasteiger partial charge in [-0.1, -0.05) is 25.0 Å². The van der Waals surface area contributed by atoms with E-state index in [0.717, 1.165) is 43.4 Å². The highest BCUT2D eigenvalue weighted by molar-refractivity contribution is 5.95. The number of aromatic hydroxyl groups is 1. The van der Waals surface area contributed by atoms with Crippen LogP contribution in [0.5, 0.6) is 5.75 Å². The maximum Gasteiger partial charge on any atom is 0.416 e. The van der Waals surface area contributed by atoms with Gasteiger partial charge in [-0.05, 0) is 44.4 Å². The number of alkyl halides is 3. The molecule has 0 atom stereocenters. The third kappa shape index (κ3) is 3.78. The number of fused-ring (bicyclic) bond motifs is 1. The highest BCUT2D eigenvalue weighted by Gasteiger charge is 2.40. The summed E-state index contributed by atoms with van der Waals surface area (Å²) in [5.41, 5.74) is -1.32. The Morgan fingerprint density at radius 3 is 2.28 bits per heavy atom. The second-order valence-corrected chi connectivity index (χ2v) is 9.01. The molecule has 1 amide bonds. The summed E-state index contributed by atoms with van der Waals surface area (Å²) >= 11 is 0. The van der Waals surface area contributed by atoms with Crippen LogP contribution in [0.15, 0.2) is 29.1 Å². The molecule has 0 saturated heterocycles. The third-order valence-corrected chi connectivity index (χ3v) is 6.77. The molecule has 1 aliphatic heterocycles. The van der Waals surface area contributed by atoms with Crippen LogP contribution in [-0.2, 0) is 24.6 Å². The van der Waals surface area contributed by atoms with E-state index in [0.29, 0.717) is 25.3 Å². The Morgan fingerprint density at radius 1 is 1.09 bits per heavy atom. The quantitative estimate of drug-likeness (QED) is 0.769. The van der Waals surface area contributed by atoms with Crippen molar-refractivity contribution in [3.8, 4) is 5.75 Å². The number of hydrogen-bond acceptors (Lipinski definition) is 4. The Kier molecular flexibility index (Phi) is 5.55. The van der Waals surface area contributed by atoms with Crippen LogP contribution in [0.3, 0.4) is 0 Å². The number of nitrogens with zero attached hydrogens (tertiary/aromatic N) is 3. The Morgan fingerprint density at radius 2 is 1.72 bits per heavy atom. The van der Waals surface area contributed by atoms with E-state index in [-0.39, 0.29) is 11.7 Å². The molecule has 1 aliphatic carbocycles. The van der Waals surface area contributed by atoms with Gasteiger partial charge in [-0.2, -0.15) is 18.2 Å². The molecule has 0 bridgehead atoms. The first-order valence-corrected chi connectivity index (χ1v) is 10.8. The van der Waals surface area contributed by atoms with Crippen molar-refractivity contribution in [1.82, 2.24) is 14.5 Å². The van der Waals surface area contributed by atoms with Crippen molar-refractivity contribution in [2.45, 2.75) is 70.1 Å². The maximum atomic E-state index is 13.0. The highest BCUT2D eigenvalue weighted by Crippen LogP contribution is 2.44. The molecule has 0 unspecified atom stereocenters. The molecular formula is C23H26F3N3O3. The van der Waals surface area contributed by atoms with Crippen molar-refractivity contribution in [3.63, 3.8) is 0 Å². The van der Waals surface area contributed by atoms with Crippen molar-refractivity contribution in [2.24, 2.45) is 0 Å². The molecule has 2 heterocycles. The first-order valence-electron chi connectivity index (χ1n) is 10.8. The summed E-state index contributed by atoms with van der Waals surface area (Å²) in [5.74, 6) is -0.681. The molecule has 2 aliphatic rings. The first-order chi connectivity index (χ1) is 15.0. The minimum atomic E-state index is -4.41. The lowest BCUT2D eigenvalue weighted by Crippen LogP contribution is -2.46. The summed E-state index contributed by atoms with van der Waals surface area (Å²) in [4.78, 5) is 31.1. The third-order valence-electron chi connectivity index (χ3n) is 6.77. The van der Waals surface area contributed by atoms with Gasteiger partial charge in [0.25, 0.3) is 5.91 Å². The van der Waals surface area contributed by atoms with E-state index in [1.807, 2.05) is 13.8 Å². The average molecular weight is 449 g/mol. The smallest absolute Gasteiger partial charge is 0.416 e. The van der Waals surface area contributed by atoms with Gasteiger partial charge >= 0.3 is 11.7 Å². The number of carbonyl (C=O) groups is 1. The highest BCUT2D eigenvalue weighted by atomic mass is 19.4. The molecule has 0 radical (unpaired) electrons. The van der Waals surface area contributed by atoms with Gasteiger partial charge in [0.1, 0.15) is 5.82 Å². The van der Waals surface area contributed by atoms with Crippen LogP contribution in [0.1, 0.15) is 67.0 Å². The molecule has 9 heteroatoms. The van der Waals surface area contributed by atoms with Crippen molar-refractivity contribution < 1.29 is 23.1 Å². The fourth-order valence-corrected chi connectivity index (χ4v) is 5.05. The molecule has 1 aromatic carbocycles. The van der Waals surface area contributed by atoms with Gasteiger partial charge in [-0.15, -0.1) is 0 Å². The fourth-order valence-electron chi connectivity index (χ4n) is 5.05. The van der Waals surface area contributed by atoms with Crippen LogP contribution < -0.4 is 5.56 Å². The number of carbonyl (C=O) groups excluding carboxylic acids is 1. The second-order valence-electron chi connectivity index (χ2n) is 9.01. The van der Waals surface area contributed by atoms with Gasteiger partial charge in [-0.3, -0.25) is 9.59 Å². The van der Waals surface area contributed by atoms with Gasteiger partial charge in [0.05, 0.1) is 5.56 Å². The maximum absolute atomic E-state index is 13.0. The Labute approximate surface area is 183 Å². The molecule has 172 valence electrons. The van der Waals surface area contributed by atoms with Crippen LogP contribution in [-0.4, -0.2) is 38.1 Å². The minimum Gasteiger partial charge on any atom is -0.501 e. The van der Waals surface area contributed by atoms with E-state index in [1.165, 1.54) is 12.1 Å². The monoisotopic (exact) mass is 449 g/mol. The first kappa shape index (κ1) is 22.4. The van der Waals surface area contributed by atoms with Crippen LogP contribution in [0.25, 0.3) is 0 Å². The zero-order valence-electron chi connectivity index (χ0n) is 18.1. The normalized spacial score (nSPS) is 18.3. The molecule has 4 rings (SSSR count). The number of amides is 1. The van der Waals surface area contributed by atoms with E-state index in [9.17, 15) is 27.9 Å². The van der Waals surface area contributed by atoms with Gasteiger partial charge in [0.15, 0.2) is 5.69 Å². The number of hydrogen-bond donors (Lipinski definition) is 1. The van der Waals surface area contributed by atoms with E-state index >= 15 is 0 Å². The molecule has 0 spiro atoms. The Bertz CT molecular complexity index is 1080. The largest absolute Gasteiger partial charge is 0.501 e. The summed E-state index contributed by atoms with van der Waals surface area (Å²) in [6, 6.07) is 5.11. The van der Waals surface area contributed by atoms with E-state index in [1.54, 1.807) is 9.47 Å². The lowest BCUT2D eigenvalue weighted by molar-refractivity contribution is -0.137. The summed E-state index contributed by atoms with van der Waals surface area (Å²) in [6.07, 6.45) is -0.774. The predicted octanol–water partition coefficient (Wildman–Crippen LogP) is 3.89. The minimum absolute atomic E-state index is 0.0551. The van der Waals surface area contributed by atoms with Crippen molar-refractivity contribution in [1.29, 1.82) is 0 Å². The topological polar surface area (TPSA) is 75.4 Å². The zero-order chi connectivity index (χ0) is 23.3. The molecule has 32 heavy (non-hydrogen) atoms. The summed E-state index contributed by atoms with van der Waals surface area (Å²) in [5, 5.41) is 10.3. The summed E-state index contributed by atoms with van der Waals surface area (Å²) in [6.45, 7) is 4.54. The molecular weight excluding hydrogens is 423 g/mol. The summed E-state index contributed by atoms with van der Waals surface area (Å²) < 4.78 is 40.7. The average Bonchev–Trinajstić information content (AvgIpc) is 3.20. The second kappa shape index (κ2) is 7.94. The van der Waals surface area contributed by atoms with Crippen molar-refractivity contribution >= 4 is 5.91 Å². The number of rotatable bonds is 4. The molecule has 1 saturated carbocycles. The number of benzene rings is 1. The zero-order valence-corrected chi connectivity index (χ0v) is 18.1. The van der Waals surface area contributed by atoms with Crippen molar-refractivity contribution in [2.75, 3.05) is 6.54 Å². The SMILES string of the molecule is CC(C)N1CCn2c(CC3(c4ccc(C(F)(F)F)cc4)CCCC3)nc(=O)c(O)c2C1=O. The fraction of sp³-hybridized carbons (Fsp3) is 0.522. The van der Waals surface area contributed by atoms with Crippen molar-refractivity contribution in [3.05, 3.63) is 57.3 Å². The number of halogens is 3. The molecule has 1 fully saturated rings. The van der Waals surface area contributed by atoms with Gasteiger partial charge in [0, 0.05) is 31.0 Å². The molecule has 2 aromatic rings.